The largest absolute Gasteiger partial charge is 0.464 e. The molecule has 24 heavy (non-hydrogen) atoms. The first-order valence-electron chi connectivity index (χ1n) is 8.01. The Morgan fingerprint density at radius 1 is 0.917 bits per heavy atom. The van der Waals surface area contributed by atoms with Crippen molar-refractivity contribution in [3.05, 3.63) is 73.3 Å². The van der Waals surface area contributed by atoms with E-state index >= 15 is 0 Å². The second kappa shape index (κ2) is 6.20. The van der Waals surface area contributed by atoms with Gasteiger partial charge in [-0.15, -0.1) is 0 Å². The molecule has 0 fully saturated rings. The van der Waals surface area contributed by atoms with Gasteiger partial charge in [-0.05, 0) is 19.1 Å². The average molecular weight is 318 g/mol. The van der Waals surface area contributed by atoms with Gasteiger partial charge in [0.2, 0.25) is 0 Å². The number of hydrogen-bond donors (Lipinski definition) is 0. The molecule has 0 spiro atoms. The van der Waals surface area contributed by atoms with Crippen molar-refractivity contribution < 1.29 is 4.42 Å². The van der Waals surface area contributed by atoms with Crippen LogP contribution in [0, 0.1) is 0 Å². The Labute approximate surface area is 140 Å². The molecule has 0 amide bonds. The SMILES string of the molecule is CCn1ccnc1Cn1ccnc1-c1ccccc1-c1ccco1. The molecule has 5 nitrogen and oxygen atoms in total. The number of rotatable bonds is 5. The number of aromatic nitrogens is 4. The van der Waals surface area contributed by atoms with Gasteiger partial charge in [-0.3, -0.25) is 0 Å². The predicted molar refractivity (Wildman–Crippen MR) is 92.4 cm³/mol. The van der Waals surface area contributed by atoms with Gasteiger partial charge in [-0.2, -0.15) is 0 Å². The Balaban J connectivity index is 1.76. The van der Waals surface area contributed by atoms with E-state index in [1.165, 1.54) is 0 Å². The molecular weight excluding hydrogens is 300 g/mol. The Hall–Kier alpha value is -3.08. The zero-order valence-corrected chi connectivity index (χ0v) is 13.5. The molecule has 0 aliphatic carbocycles. The van der Waals surface area contributed by atoms with Gasteiger partial charge in [0.05, 0.1) is 12.8 Å². The molecule has 0 N–H and O–H groups in total. The highest BCUT2D eigenvalue weighted by Crippen LogP contribution is 2.31. The van der Waals surface area contributed by atoms with E-state index in [9.17, 15) is 0 Å². The van der Waals surface area contributed by atoms with Gasteiger partial charge in [-0.25, -0.2) is 9.97 Å². The van der Waals surface area contributed by atoms with Crippen molar-refractivity contribution in [2.45, 2.75) is 20.0 Å². The number of furan rings is 1. The number of benzene rings is 1. The van der Waals surface area contributed by atoms with Crippen LogP contribution in [-0.4, -0.2) is 19.1 Å². The molecule has 4 rings (SSSR count). The van der Waals surface area contributed by atoms with Gasteiger partial charge < -0.3 is 13.6 Å². The van der Waals surface area contributed by atoms with E-state index in [-0.39, 0.29) is 0 Å². The van der Waals surface area contributed by atoms with Crippen molar-refractivity contribution in [1.82, 2.24) is 19.1 Å². The molecule has 0 unspecified atom stereocenters. The summed E-state index contributed by atoms with van der Waals surface area (Å²) < 4.78 is 9.85. The second-order valence-corrected chi connectivity index (χ2v) is 5.53. The maximum atomic E-state index is 5.59. The fourth-order valence-electron chi connectivity index (χ4n) is 2.94. The summed E-state index contributed by atoms with van der Waals surface area (Å²) in [5.74, 6) is 2.77. The molecule has 3 aromatic heterocycles. The maximum Gasteiger partial charge on any atom is 0.141 e. The standard InChI is InChI=1S/C19H18N4O/c1-2-22-11-9-20-18(22)14-23-12-10-21-19(23)16-7-4-3-6-15(16)17-8-5-13-24-17/h3-13H,2,14H2,1H3. The van der Waals surface area contributed by atoms with Crippen LogP contribution in [0.1, 0.15) is 12.7 Å². The lowest BCUT2D eigenvalue weighted by Crippen LogP contribution is -2.08. The molecule has 0 saturated carbocycles. The van der Waals surface area contributed by atoms with Crippen LogP contribution in [0.3, 0.4) is 0 Å². The van der Waals surface area contributed by atoms with E-state index in [0.29, 0.717) is 6.54 Å². The van der Waals surface area contributed by atoms with E-state index in [1.807, 2.05) is 49.1 Å². The topological polar surface area (TPSA) is 48.8 Å². The van der Waals surface area contributed by atoms with E-state index in [2.05, 4.69) is 38.2 Å². The van der Waals surface area contributed by atoms with Gasteiger partial charge in [0, 0.05) is 42.5 Å². The molecule has 0 aliphatic heterocycles. The summed E-state index contributed by atoms with van der Waals surface area (Å²) in [5.41, 5.74) is 2.08. The van der Waals surface area contributed by atoms with Gasteiger partial charge in [-0.1, -0.05) is 24.3 Å². The molecule has 0 saturated heterocycles. The summed E-state index contributed by atoms with van der Waals surface area (Å²) in [7, 11) is 0. The van der Waals surface area contributed by atoms with Crippen molar-refractivity contribution in [3.63, 3.8) is 0 Å². The van der Waals surface area contributed by atoms with Crippen molar-refractivity contribution in [2.24, 2.45) is 0 Å². The van der Waals surface area contributed by atoms with E-state index < -0.39 is 0 Å². The molecule has 1 aromatic carbocycles. The molecule has 0 radical (unpaired) electrons. The lowest BCUT2D eigenvalue weighted by Gasteiger charge is -2.11. The fourth-order valence-corrected chi connectivity index (χ4v) is 2.94. The Bertz CT molecular complexity index is 934. The predicted octanol–water partition coefficient (Wildman–Crippen LogP) is 4.07. The minimum atomic E-state index is 0.683. The van der Waals surface area contributed by atoms with Gasteiger partial charge in [0.25, 0.3) is 0 Å². The molecule has 3 heterocycles. The first-order chi connectivity index (χ1) is 11.9. The third-order valence-electron chi connectivity index (χ3n) is 4.12. The number of aryl methyl sites for hydroxylation is 1. The zero-order chi connectivity index (χ0) is 16.4. The smallest absolute Gasteiger partial charge is 0.141 e. The summed E-state index contributed by atoms with van der Waals surface area (Å²) in [6, 6.07) is 12.0. The lowest BCUT2D eigenvalue weighted by molar-refractivity contribution is 0.582. The van der Waals surface area contributed by atoms with Crippen LogP contribution >= 0.6 is 0 Å². The third kappa shape index (κ3) is 2.54. The number of nitrogens with zero attached hydrogens (tertiary/aromatic N) is 4. The summed E-state index contributed by atoms with van der Waals surface area (Å²) in [6.45, 7) is 3.71. The average Bonchev–Trinajstić information content (AvgIpc) is 3.37. The highest BCUT2D eigenvalue weighted by molar-refractivity contribution is 5.78. The minimum absolute atomic E-state index is 0.683. The normalized spacial score (nSPS) is 11.0. The van der Waals surface area contributed by atoms with Crippen LogP contribution in [0.5, 0.6) is 0 Å². The quantitative estimate of drug-likeness (QED) is 0.557. The molecule has 0 atom stereocenters. The number of imidazole rings is 2. The van der Waals surface area contributed by atoms with E-state index in [0.717, 1.165) is 35.1 Å². The summed E-state index contributed by atoms with van der Waals surface area (Å²) in [6.07, 6.45) is 9.35. The number of hydrogen-bond acceptors (Lipinski definition) is 3. The van der Waals surface area contributed by atoms with Crippen LogP contribution in [-0.2, 0) is 13.1 Å². The molecule has 0 aliphatic rings. The first kappa shape index (κ1) is 14.5. The molecule has 0 bridgehead atoms. The zero-order valence-electron chi connectivity index (χ0n) is 13.5. The Kier molecular flexibility index (Phi) is 3.75. The molecule has 120 valence electrons. The van der Waals surface area contributed by atoms with Crippen molar-refractivity contribution >= 4 is 0 Å². The van der Waals surface area contributed by atoms with Crippen LogP contribution in [0.4, 0.5) is 0 Å². The Morgan fingerprint density at radius 2 is 1.71 bits per heavy atom. The van der Waals surface area contributed by atoms with Crippen LogP contribution < -0.4 is 0 Å². The van der Waals surface area contributed by atoms with Gasteiger partial charge in [0.1, 0.15) is 17.4 Å². The highest BCUT2D eigenvalue weighted by Gasteiger charge is 2.14. The summed E-state index contributed by atoms with van der Waals surface area (Å²) in [4.78, 5) is 9.04. The maximum absolute atomic E-state index is 5.59. The lowest BCUT2D eigenvalue weighted by atomic mass is 10.0. The highest BCUT2D eigenvalue weighted by atomic mass is 16.3. The minimum Gasteiger partial charge on any atom is -0.464 e. The van der Waals surface area contributed by atoms with Crippen LogP contribution in [0.2, 0.25) is 0 Å². The molecule has 4 aromatic rings. The van der Waals surface area contributed by atoms with E-state index in [4.69, 9.17) is 4.42 Å². The second-order valence-electron chi connectivity index (χ2n) is 5.53. The third-order valence-corrected chi connectivity index (χ3v) is 4.12. The van der Waals surface area contributed by atoms with Crippen molar-refractivity contribution in [2.75, 3.05) is 0 Å². The monoisotopic (exact) mass is 318 g/mol. The summed E-state index contributed by atoms with van der Waals surface area (Å²) in [5, 5.41) is 0. The van der Waals surface area contributed by atoms with Crippen molar-refractivity contribution in [3.8, 4) is 22.7 Å². The fraction of sp³-hybridized carbons (Fsp3) is 0.158. The van der Waals surface area contributed by atoms with Gasteiger partial charge in [0.15, 0.2) is 0 Å². The van der Waals surface area contributed by atoms with E-state index in [1.54, 1.807) is 6.26 Å². The molecule has 5 heteroatoms. The van der Waals surface area contributed by atoms with Crippen LogP contribution in [0.15, 0.2) is 71.9 Å². The van der Waals surface area contributed by atoms with Crippen LogP contribution in [0.25, 0.3) is 22.7 Å². The molecular formula is C19H18N4O. The van der Waals surface area contributed by atoms with Gasteiger partial charge >= 0.3 is 0 Å². The van der Waals surface area contributed by atoms with Crippen molar-refractivity contribution in [1.29, 1.82) is 0 Å². The Morgan fingerprint density at radius 3 is 2.50 bits per heavy atom. The first-order valence-corrected chi connectivity index (χ1v) is 8.01. The summed E-state index contributed by atoms with van der Waals surface area (Å²) >= 11 is 0.